The van der Waals surface area contributed by atoms with Gasteiger partial charge < -0.3 is 0 Å². The summed E-state index contributed by atoms with van der Waals surface area (Å²) in [6.07, 6.45) is 0. The summed E-state index contributed by atoms with van der Waals surface area (Å²) in [5.41, 5.74) is 1.99. The number of hydrogen-bond donors (Lipinski definition) is 0. The van der Waals surface area contributed by atoms with Crippen LogP contribution in [0.15, 0.2) is 54.6 Å². The molecule has 1 heterocycles. The number of anilines is 1. The lowest BCUT2D eigenvalue weighted by Gasteiger charge is -2.24. The molecule has 0 N–H and O–H groups in total. The summed E-state index contributed by atoms with van der Waals surface area (Å²) in [6, 6.07) is 17.6. The fourth-order valence-electron chi connectivity index (χ4n) is 2.36. The highest BCUT2D eigenvalue weighted by Gasteiger charge is 2.39. The van der Waals surface area contributed by atoms with Crippen LogP contribution < -0.4 is 4.90 Å². The molecule has 1 aliphatic rings. The lowest BCUT2D eigenvalue weighted by atomic mass is 10.2. The first-order valence-electron chi connectivity index (χ1n) is 6.46. The monoisotopic (exact) mass is 303 g/mol. The summed E-state index contributed by atoms with van der Waals surface area (Å²) < 4.78 is 0. The van der Waals surface area contributed by atoms with E-state index in [-0.39, 0.29) is 16.5 Å². The molecule has 4 heteroatoms. The van der Waals surface area contributed by atoms with Gasteiger partial charge in [0.2, 0.25) is 5.91 Å². The first kappa shape index (κ1) is 13.5. The molecule has 2 aromatic carbocycles. The van der Waals surface area contributed by atoms with Crippen LogP contribution in [0, 0.1) is 0 Å². The number of thioether (sulfide) groups is 1. The number of hydrogen-bond acceptors (Lipinski definition) is 2. The molecule has 20 heavy (non-hydrogen) atoms. The van der Waals surface area contributed by atoms with Crippen LogP contribution in [0.5, 0.6) is 0 Å². The molecule has 2 aromatic rings. The molecule has 0 aliphatic carbocycles. The summed E-state index contributed by atoms with van der Waals surface area (Å²) in [6.45, 7) is 1.95. The summed E-state index contributed by atoms with van der Waals surface area (Å²) in [5.74, 6) is 0.131. The van der Waals surface area contributed by atoms with Crippen molar-refractivity contribution in [3.8, 4) is 0 Å². The largest absolute Gasteiger partial charge is 0.295 e. The number of nitrogens with zero attached hydrogens (tertiary/aromatic N) is 1. The van der Waals surface area contributed by atoms with E-state index in [0.29, 0.717) is 5.02 Å². The first-order chi connectivity index (χ1) is 9.66. The van der Waals surface area contributed by atoms with E-state index in [0.717, 1.165) is 11.3 Å². The lowest BCUT2D eigenvalue weighted by Crippen LogP contribution is -2.30. The molecule has 1 aliphatic heterocycles. The fourth-order valence-corrected chi connectivity index (χ4v) is 3.82. The van der Waals surface area contributed by atoms with Crippen LogP contribution in [-0.4, -0.2) is 11.2 Å². The van der Waals surface area contributed by atoms with Crippen LogP contribution in [0.2, 0.25) is 5.02 Å². The second-order valence-corrected chi connectivity index (χ2v) is 6.59. The smallest absolute Gasteiger partial charge is 0.241 e. The van der Waals surface area contributed by atoms with E-state index in [1.54, 1.807) is 11.8 Å². The summed E-state index contributed by atoms with van der Waals surface area (Å²) in [7, 11) is 0. The minimum absolute atomic E-state index is 0.0113. The van der Waals surface area contributed by atoms with E-state index in [2.05, 4.69) is 12.1 Å². The molecule has 1 amide bonds. The third-order valence-corrected chi connectivity index (χ3v) is 4.91. The number of carbonyl (C=O) groups excluding carboxylic acids is 1. The van der Waals surface area contributed by atoms with E-state index < -0.39 is 0 Å². The van der Waals surface area contributed by atoms with Crippen molar-refractivity contribution in [1.82, 2.24) is 0 Å². The zero-order chi connectivity index (χ0) is 14.1. The van der Waals surface area contributed by atoms with Gasteiger partial charge in [0, 0.05) is 10.7 Å². The number of rotatable bonds is 2. The third-order valence-electron chi connectivity index (χ3n) is 3.32. The average Bonchev–Trinajstić information content (AvgIpc) is 2.76. The number of carbonyl (C=O) groups is 1. The maximum atomic E-state index is 12.5. The zero-order valence-corrected chi connectivity index (χ0v) is 12.6. The highest BCUT2D eigenvalue weighted by molar-refractivity contribution is 8.01. The Bertz CT molecular complexity index is 631. The standard InChI is InChI=1S/C16H14ClNOS/c1-11-15(19)18(14-9-5-8-13(17)10-14)16(20-11)12-6-3-2-4-7-12/h2-11,16H,1H3. The third kappa shape index (κ3) is 2.43. The molecule has 2 unspecified atom stereocenters. The Hall–Kier alpha value is -1.45. The summed E-state index contributed by atoms with van der Waals surface area (Å²) >= 11 is 7.73. The Morgan fingerprint density at radius 1 is 1.10 bits per heavy atom. The molecular formula is C16H14ClNOS. The Labute approximate surface area is 127 Å². The van der Waals surface area contributed by atoms with Crippen molar-refractivity contribution < 1.29 is 4.79 Å². The maximum absolute atomic E-state index is 12.5. The second-order valence-electron chi connectivity index (χ2n) is 4.73. The predicted octanol–water partition coefficient (Wildman–Crippen LogP) is 4.51. The van der Waals surface area contributed by atoms with Crippen molar-refractivity contribution in [2.75, 3.05) is 4.90 Å². The molecule has 2 atom stereocenters. The molecule has 102 valence electrons. The van der Waals surface area contributed by atoms with Gasteiger partial charge in [0.1, 0.15) is 5.37 Å². The van der Waals surface area contributed by atoms with Crippen LogP contribution >= 0.6 is 23.4 Å². The van der Waals surface area contributed by atoms with Crippen molar-refractivity contribution in [3.63, 3.8) is 0 Å². The maximum Gasteiger partial charge on any atom is 0.241 e. The van der Waals surface area contributed by atoms with Crippen LogP contribution in [0.3, 0.4) is 0 Å². The van der Waals surface area contributed by atoms with Crippen LogP contribution in [0.1, 0.15) is 17.9 Å². The second kappa shape index (κ2) is 5.51. The van der Waals surface area contributed by atoms with Crippen LogP contribution in [0.25, 0.3) is 0 Å². The summed E-state index contributed by atoms with van der Waals surface area (Å²) in [5, 5.41) is 0.614. The molecule has 2 nitrogen and oxygen atoms in total. The van der Waals surface area contributed by atoms with Crippen molar-refractivity contribution >= 4 is 35.0 Å². The Balaban J connectivity index is 2.03. The van der Waals surface area contributed by atoms with Gasteiger partial charge in [-0.15, -0.1) is 11.8 Å². The topological polar surface area (TPSA) is 20.3 Å². The molecule has 0 bridgehead atoms. The quantitative estimate of drug-likeness (QED) is 0.813. The summed E-state index contributed by atoms with van der Waals surface area (Å²) in [4.78, 5) is 14.3. The fraction of sp³-hybridized carbons (Fsp3) is 0.188. The Morgan fingerprint density at radius 2 is 1.85 bits per heavy atom. The van der Waals surface area contributed by atoms with Crippen molar-refractivity contribution in [3.05, 3.63) is 65.2 Å². The van der Waals surface area contributed by atoms with Gasteiger partial charge in [-0.25, -0.2) is 0 Å². The molecule has 0 saturated carbocycles. The van der Waals surface area contributed by atoms with Gasteiger partial charge in [-0.2, -0.15) is 0 Å². The van der Waals surface area contributed by atoms with E-state index in [4.69, 9.17) is 11.6 Å². The Kier molecular flexibility index (Phi) is 3.72. The average molecular weight is 304 g/mol. The van der Waals surface area contributed by atoms with Gasteiger partial charge >= 0.3 is 0 Å². The molecule has 0 radical (unpaired) electrons. The van der Waals surface area contributed by atoms with E-state index in [1.807, 2.05) is 54.3 Å². The number of benzene rings is 2. The van der Waals surface area contributed by atoms with E-state index in [9.17, 15) is 4.79 Å². The minimum Gasteiger partial charge on any atom is -0.295 e. The van der Waals surface area contributed by atoms with Gasteiger partial charge in [0.15, 0.2) is 0 Å². The van der Waals surface area contributed by atoms with Crippen molar-refractivity contribution in [1.29, 1.82) is 0 Å². The molecular weight excluding hydrogens is 290 g/mol. The highest BCUT2D eigenvalue weighted by Crippen LogP contribution is 2.45. The normalized spacial score (nSPS) is 22.3. The lowest BCUT2D eigenvalue weighted by molar-refractivity contribution is -0.117. The zero-order valence-electron chi connectivity index (χ0n) is 11.0. The minimum atomic E-state index is -0.0424. The van der Waals surface area contributed by atoms with Crippen LogP contribution in [-0.2, 0) is 4.79 Å². The predicted molar refractivity (Wildman–Crippen MR) is 85.2 cm³/mol. The van der Waals surface area contributed by atoms with Gasteiger partial charge in [0.25, 0.3) is 0 Å². The first-order valence-corrected chi connectivity index (χ1v) is 7.78. The molecule has 3 rings (SSSR count). The van der Waals surface area contributed by atoms with Gasteiger partial charge in [-0.1, -0.05) is 48.0 Å². The van der Waals surface area contributed by atoms with Gasteiger partial charge in [-0.3, -0.25) is 9.69 Å². The molecule has 0 aromatic heterocycles. The van der Waals surface area contributed by atoms with E-state index in [1.165, 1.54) is 0 Å². The van der Waals surface area contributed by atoms with Crippen LogP contribution in [0.4, 0.5) is 5.69 Å². The SMILES string of the molecule is CC1SC(c2ccccc2)N(c2cccc(Cl)c2)C1=O. The van der Waals surface area contributed by atoms with Gasteiger partial charge in [-0.05, 0) is 30.7 Å². The number of halogens is 1. The molecule has 0 spiro atoms. The molecule has 1 saturated heterocycles. The number of amides is 1. The Morgan fingerprint density at radius 3 is 2.55 bits per heavy atom. The van der Waals surface area contributed by atoms with Crippen molar-refractivity contribution in [2.24, 2.45) is 0 Å². The van der Waals surface area contributed by atoms with Crippen molar-refractivity contribution in [2.45, 2.75) is 17.5 Å². The highest BCUT2D eigenvalue weighted by atomic mass is 35.5. The molecule has 1 fully saturated rings. The van der Waals surface area contributed by atoms with Gasteiger partial charge in [0.05, 0.1) is 5.25 Å². The van der Waals surface area contributed by atoms with E-state index >= 15 is 0 Å².